The average Bonchev–Trinajstić information content (AvgIpc) is 2.55. The van der Waals surface area contributed by atoms with Gasteiger partial charge in [0.05, 0.1) is 16.4 Å². The highest BCUT2D eigenvalue weighted by atomic mass is 32.2. The number of hydrogen-bond donors (Lipinski definition) is 1. The third-order valence-corrected chi connectivity index (χ3v) is 5.82. The first-order valence-electron chi connectivity index (χ1n) is 6.92. The van der Waals surface area contributed by atoms with Gasteiger partial charge in [-0.15, -0.1) is 11.8 Å². The zero-order valence-corrected chi connectivity index (χ0v) is 14.1. The van der Waals surface area contributed by atoms with Crippen LogP contribution in [0.5, 0.6) is 0 Å². The van der Waals surface area contributed by atoms with Gasteiger partial charge >= 0.3 is 0 Å². The Balaban J connectivity index is 1.91. The van der Waals surface area contributed by atoms with E-state index in [1.54, 1.807) is 31.2 Å². The van der Waals surface area contributed by atoms with Gasteiger partial charge in [-0.05, 0) is 48.5 Å². The molecule has 0 saturated heterocycles. The average molecular weight is 353 g/mol. The zero-order chi connectivity index (χ0) is 16.9. The van der Waals surface area contributed by atoms with Crippen LogP contribution in [0.1, 0.15) is 6.92 Å². The van der Waals surface area contributed by atoms with Crippen LogP contribution >= 0.6 is 11.8 Å². The first kappa shape index (κ1) is 17.5. The molecule has 7 heteroatoms. The first-order chi connectivity index (χ1) is 10.9. The summed E-state index contributed by atoms with van der Waals surface area (Å²) in [5.41, 5.74) is 0.532. The van der Waals surface area contributed by atoms with Crippen molar-refractivity contribution in [2.75, 3.05) is 16.8 Å². The van der Waals surface area contributed by atoms with Crippen molar-refractivity contribution in [3.8, 4) is 0 Å². The Kier molecular flexibility index (Phi) is 5.79. The molecular formula is C16H16FNO3S2. The normalized spacial score (nSPS) is 11.2. The van der Waals surface area contributed by atoms with Gasteiger partial charge in [-0.25, -0.2) is 12.8 Å². The molecule has 0 heterocycles. The molecule has 2 rings (SSSR count). The van der Waals surface area contributed by atoms with Crippen LogP contribution in [0.25, 0.3) is 0 Å². The molecule has 4 nitrogen and oxygen atoms in total. The minimum atomic E-state index is -3.24. The van der Waals surface area contributed by atoms with Crippen LogP contribution in [0.4, 0.5) is 10.1 Å². The second-order valence-corrected chi connectivity index (χ2v) is 8.05. The van der Waals surface area contributed by atoms with Gasteiger partial charge in [-0.1, -0.05) is 6.92 Å². The third kappa shape index (κ3) is 5.07. The van der Waals surface area contributed by atoms with E-state index in [2.05, 4.69) is 5.32 Å². The van der Waals surface area contributed by atoms with Gasteiger partial charge in [0.15, 0.2) is 9.84 Å². The molecule has 23 heavy (non-hydrogen) atoms. The SMILES string of the molecule is CCS(=O)(=O)c1ccc(NC(=O)CSc2ccc(F)cc2)cc1. The Bertz CT molecular complexity index is 772. The summed E-state index contributed by atoms with van der Waals surface area (Å²) in [5.74, 6) is -0.320. The van der Waals surface area contributed by atoms with Crippen LogP contribution in [-0.4, -0.2) is 25.8 Å². The number of sulfone groups is 1. The van der Waals surface area contributed by atoms with Crippen molar-refractivity contribution < 1.29 is 17.6 Å². The van der Waals surface area contributed by atoms with Gasteiger partial charge in [0.1, 0.15) is 5.82 Å². The molecule has 2 aromatic rings. The van der Waals surface area contributed by atoms with Crippen LogP contribution in [-0.2, 0) is 14.6 Å². The lowest BCUT2D eigenvalue weighted by Crippen LogP contribution is -2.14. The number of anilines is 1. The van der Waals surface area contributed by atoms with E-state index in [0.717, 1.165) is 4.90 Å². The summed E-state index contributed by atoms with van der Waals surface area (Å²) in [5, 5.41) is 2.69. The van der Waals surface area contributed by atoms with Crippen LogP contribution in [0.2, 0.25) is 0 Å². The molecule has 0 spiro atoms. The number of amides is 1. The standard InChI is InChI=1S/C16H16FNO3S2/c1-2-23(20,21)15-9-5-13(6-10-15)18-16(19)11-22-14-7-3-12(17)4-8-14/h3-10H,2,11H2,1H3,(H,18,19). The van der Waals surface area contributed by atoms with E-state index in [-0.39, 0.29) is 28.1 Å². The highest BCUT2D eigenvalue weighted by Gasteiger charge is 2.11. The molecule has 0 bridgehead atoms. The molecule has 0 aliphatic carbocycles. The van der Waals surface area contributed by atoms with E-state index < -0.39 is 9.84 Å². The minimum absolute atomic E-state index is 0.0347. The second-order valence-electron chi connectivity index (χ2n) is 4.72. The number of thioether (sulfide) groups is 1. The Hall–Kier alpha value is -1.86. The van der Waals surface area contributed by atoms with E-state index in [0.29, 0.717) is 5.69 Å². The Morgan fingerprint density at radius 3 is 2.26 bits per heavy atom. The van der Waals surface area contributed by atoms with Gasteiger partial charge in [-0.3, -0.25) is 4.79 Å². The molecule has 0 aromatic heterocycles. The molecule has 1 amide bonds. The first-order valence-corrected chi connectivity index (χ1v) is 9.55. The predicted octanol–water partition coefficient (Wildman–Crippen LogP) is 3.35. The van der Waals surface area contributed by atoms with E-state index in [1.807, 2.05) is 0 Å². The van der Waals surface area contributed by atoms with Crippen molar-refractivity contribution in [2.45, 2.75) is 16.7 Å². The van der Waals surface area contributed by atoms with E-state index in [1.165, 1.54) is 36.0 Å². The smallest absolute Gasteiger partial charge is 0.234 e. The highest BCUT2D eigenvalue weighted by molar-refractivity contribution is 8.00. The number of hydrogen-bond acceptors (Lipinski definition) is 4. The quantitative estimate of drug-likeness (QED) is 0.809. The van der Waals surface area contributed by atoms with Gasteiger partial charge in [0.25, 0.3) is 0 Å². The molecule has 122 valence electrons. The second kappa shape index (κ2) is 7.61. The van der Waals surface area contributed by atoms with Crippen molar-refractivity contribution in [2.24, 2.45) is 0 Å². The van der Waals surface area contributed by atoms with Crippen molar-refractivity contribution in [1.82, 2.24) is 0 Å². The van der Waals surface area contributed by atoms with Crippen molar-refractivity contribution in [1.29, 1.82) is 0 Å². The number of rotatable bonds is 6. The molecule has 0 unspecified atom stereocenters. The van der Waals surface area contributed by atoms with Crippen LogP contribution < -0.4 is 5.32 Å². The molecule has 0 atom stereocenters. The molecule has 0 radical (unpaired) electrons. The summed E-state index contributed by atoms with van der Waals surface area (Å²) in [7, 11) is -3.24. The molecule has 0 aliphatic rings. The summed E-state index contributed by atoms with van der Waals surface area (Å²) in [6, 6.07) is 12.0. The number of halogens is 1. The maximum atomic E-state index is 12.8. The van der Waals surface area contributed by atoms with E-state index in [4.69, 9.17) is 0 Å². The summed E-state index contributed by atoms with van der Waals surface area (Å²) in [6.45, 7) is 1.58. The van der Waals surface area contributed by atoms with Gasteiger partial charge in [0.2, 0.25) is 5.91 Å². The fourth-order valence-corrected chi connectivity index (χ4v) is 3.37. The summed E-state index contributed by atoms with van der Waals surface area (Å²) >= 11 is 1.29. The van der Waals surface area contributed by atoms with Crippen LogP contribution in [0.3, 0.4) is 0 Å². The molecule has 1 N–H and O–H groups in total. The summed E-state index contributed by atoms with van der Waals surface area (Å²) in [6.07, 6.45) is 0. The Labute approximate surface area is 139 Å². The molecular weight excluding hydrogens is 337 g/mol. The lowest BCUT2D eigenvalue weighted by Gasteiger charge is -2.07. The molecule has 2 aromatic carbocycles. The summed E-state index contributed by atoms with van der Waals surface area (Å²) in [4.78, 5) is 12.9. The van der Waals surface area contributed by atoms with Crippen LogP contribution in [0, 0.1) is 5.82 Å². The largest absolute Gasteiger partial charge is 0.325 e. The van der Waals surface area contributed by atoms with Crippen LogP contribution in [0.15, 0.2) is 58.3 Å². The van der Waals surface area contributed by atoms with E-state index >= 15 is 0 Å². The van der Waals surface area contributed by atoms with Crippen molar-refractivity contribution in [3.63, 3.8) is 0 Å². The van der Waals surface area contributed by atoms with Crippen molar-refractivity contribution >= 4 is 33.2 Å². The maximum Gasteiger partial charge on any atom is 0.234 e. The fraction of sp³-hybridized carbons (Fsp3) is 0.188. The summed E-state index contributed by atoms with van der Waals surface area (Å²) < 4.78 is 36.2. The Morgan fingerprint density at radius 2 is 1.70 bits per heavy atom. The maximum absolute atomic E-state index is 12.8. The zero-order valence-electron chi connectivity index (χ0n) is 12.5. The topological polar surface area (TPSA) is 63.2 Å². The molecule has 0 fully saturated rings. The van der Waals surface area contributed by atoms with E-state index in [9.17, 15) is 17.6 Å². The predicted molar refractivity (Wildman–Crippen MR) is 89.9 cm³/mol. The fourth-order valence-electron chi connectivity index (χ4n) is 1.79. The monoisotopic (exact) mass is 353 g/mol. The number of nitrogens with one attached hydrogen (secondary N) is 1. The van der Waals surface area contributed by atoms with Gasteiger partial charge in [-0.2, -0.15) is 0 Å². The number of carbonyl (C=O) groups excluding carboxylic acids is 1. The third-order valence-electron chi connectivity index (χ3n) is 3.06. The lowest BCUT2D eigenvalue weighted by atomic mass is 10.3. The number of carbonyl (C=O) groups is 1. The van der Waals surface area contributed by atoms with Gasteiger partial charge < -0.3 is 5.32 Å². The molecule has 0 aliphatic heterocycles. The molecule has 0 saturated carbocycles. The lowest BCUT2D eigenvalue weighted by molar-refractivity contribution is -0.113. The van der Waals surface area contributed by atoms with Crippen molar-refractivity contribution in [3.05, 3.63) is 54.3 Å². The van der Waals surface area contributed by atoms with Gasteiger partial charge in [0, 0.05) is 10.6 Å². The minimum Gasteiger partial charge on any atom is -0.325 e. The Morgan fingerprint density at radius 1 is 1.09 bits per heavy atom. The highest BCUT2D eigenvalue weighted by Crippen LogP contribution is 2.19. The number of benzene rings is 2.